The van der Waals surface area contributed by atoms with E-state index in [1.165, 1.54) is 18.2 Å². The Labute approximate surface area is 170 Å². The number of fused-ring (bicyclic) bond motifs is 1. The number of halogens is 2. The Morgan fingerprint density at radius 3 is 2.57 bits per heavy atom. The van der Waals surface area contributed by atoms with Gasteiger partial charge >= 0.3 is 0 Å². The molecule has 1 heterocycles. The second-order valence-corrected chi connectivity index (χ2v) is 7.80. The number of amides is 2. The lowest BCUT2D eigenvalue weighted by molar-refractivity contribution is -0.123. The maximum atomic E-state index is 14.4. The molecule has 28 heavy (non-hydrogen) atoms. The number of anilines is 3. The van der Waals surface area contributed by atoms with Crippen LogP contribution >= 0.6 is 12.4 Å². The van der Waals surface area contributed by atoms with Crippen molar-refractivity contribution in [2.24, 2.45) is 5.41 Å². The summed E-state index contributed by atoms with van der Waals surface area (Å²) in [6.07, 6.45) is 1.55. The summed E-state index contributed by atoms with van der Waals surface area (Å²) in [5, 5.41) is 2.74. The molecule has 0 atom stereocenters. The molecule has 2 aromatic rings. The van der Waals surface area contributed by atoms with Gasteiger partial charge in [-0.3, -0.25) is 9.59 Å². The summed E-state index contributed by atoms with van der Waals surface area (Å²) in [5.74, 6) is -1.26. The third kappa shape index (κ3) is 4.28. The average molecular weight is 406 g/mol. The van der Waals surface area contributed by atoms with Gasteiger partial charge in [0.25, 0.3) is 5.91 Å². The second-order valence-electron chi connectivity index (χ2n) is 7.80. The van der Waals surface area contributed by atoms with Gasteiger partial charge in [0.2, 0.25) is 5.91 Å². The molecule has 0 aromatic heterocycles. The van der Waals surface area contributed by atoms with Crippen molar-refractivity contribution >= 4 is 41.3 Å². The summed E-state index contributed by atoms with van der Waals surface area (Å²) >= 11 is 0. The lowest BCUT2D eigenvalue weighted by Crippen LogP contribution is -2.36. The van der Waals surface area contributed by atoms with Crippen molar-refractivity contribution < 1.29 is 14.0 Å². The Balaban J connectivity index is 0.00000280. The second kappa shape index (κ2) is 8.19. The Bertz CT molecular complexity index is 909. The SMILES string of the molecule is CC(C)(C)C(=O)Nc1ccc(F)c(C(=O)N2CCCc3c(N)cccc32)c1.Cl. The highest BCUT2D eigenvalue weighted by Gasteiger charge is 2.27. The molecule has 0 saturated heterocycles. The number of nitrogen functional groups attached to an aromatic ring is 1. The number of nitrogens with zero attached hydrogens (tertiary/aromatic N) is 1. The molecule has 5 nitrogen and oxygen atoms in total. The molecule has 150 valence electrons. The summed E-state index contributed by atoms with van der Waals surface area (Å²) in [6, 6.07) is 9.47. The highest BCUT2D eigenvalue weighted by molar-refractivity contribution is 6.08. The fraction of sp³-hybridized carbons (Fsp3) is 0.333. The maximum absolute atomic E-state index is 14.4. The first-order chi connectivity index (χ1) is 12.7. The van der Waals surface area contributed by atoms with E-state index in [0.717, 1.165) is 24.1 Å². The first-order valence-corrected chi connectivity index (χ1v) is 8.98. The molecule has 0 radical (unpaired) electrons. The monoisotopic (exact) mass is 405 g/mol. The van der Waals surface area contributed by atoms with Gasteiger partial charge in [-0.15, -0.1) is 12.4 Å². The maximum Gasteiger partial charge on any atom is 0.261 e. The van der Waals surface area contributed by atoms with Crippen LogP contribution in [0.3, 0.4) is 0 Å². The first kappa shape index (κ1) is 21.7. The molecule has 1 aliphatic rings. The van der Waals surface area contributed by atoms with Gasteiger partial charge in [0.05, 0.1) is 5.56 Å². The van der Waals surface area contributed by atoms with Gasteiger partial charge in [-0.25, -0.2) is 4.39 Å². The van der Waals surface area contributed by atoms with E-state index in [1.54, 1.807) is 37.8 Å². The topological polar surface area (TPSA) is 75.4 Å². The molecule has 7 heteroatoms. The fourth-order valence-electron chi connectivity index (χ4n) is 3.09. The number of carbonyl (C=O) groups excluding carboxylic acids is 2. The van der Waals surface area contributed by atoms with E-state index in [1.807, 2.05) is 6.07 Å². The zero-order valence-electron chi connectivity index (χ0n) is 16.2. The zero-order valence-corrected chi connectivity index (χ0v) is 17.0. The van der Waals surface area contributed by atoms with Crippen molar-refractivity contribution in [2.45, 2.75) is 33.6 Å². The largest absolute Gasteiger partial charge is 0.398 e. The van der Waals surface area contributed by atoms with Crippen LogP contribution in [-0.4, -0.2) is 18.4 Å². The minimum absolute atomic E-state index is 0. The number of nitrogens with two attached hydrogens (primary N) is 1. The van der Waals surface area contributed by atoms with Crippen LogP contribution in [-0.2, 0) is 11.2 Å². The van der Waals surface area contributed by atoms with E-state index in [2.05, 4.69) is 5.32 Å². The standard InChI is InChI=1S/C21H24FN3O2.ClH/c1-21(2,3)20(27)24-13-9-10-16(22)15(12-13)19(26)25-11-5-6-14-17(23)7-4-8-18(14)25;/h4,7-10,12H,5-6,11,23H2,1-3H3,(H,24,27);1H. The highest BCUT2D eigenvalue weighted by atomic mass is 35.5. The molecule has 2 amide bonds. The van der Waals surface area contributed by atoms with E-state index < -0.39 is 17.1 Å². The summed E-state index contributed by atoms with van der Waals surface area (Å²) in [5.41, 5.74) is 8.02. The fourth-order valence-corrected chi connectivity index (χ4v) is 3.09. The van der Waals surface area contributed by atoms with Crippen LogP contribution in [0.5, 0.6) is 0 Å². The van der Waals surface area contributed by atoms with Crippen LogP contribution in [0.2, 0.25) is 0 Å². The minimum atomic E-state index is -0.621. The number of nitrogens with one attached hydrogen (secondary N) is 1. The third-order valence-electron chi connectivity index (χ3n) is 4.67. The van der Waals surface area contributed by atoms with Gasteiger partial charge < -0.3 is 16.0 Å². The summed E-state index contributed by atoms with van der Waals surface area (Å²) in [4.78, 5) is 26.8. The van der Waals surface area contributed by atoms with Crippen LogP contribution in [0.25, 0.3) is 0 Å². The molecule has 0 bridgehead atoms. The van der Waals surface area contributed by atoms with E-state index in [4.69, 9.17) is 5.73 Å². The molecule has 2 aromatic carbocycles. The van der Waals surface area contributed by atoms with E-state index in [0.29, 0.717) is 17.9 Å². The molecule has 0 spiro atoms. The summed E-state index contributed by atoms with van der Waals surface area (Å²) < 4.78 is 14.4. The van der Waals surface area contributed by atoms with Crippen molar-refractivity contribution in [3.05, 3.63) is 53.3 Å². The number of hydrogen-bond donors (Lipinski definition) is 2. The Kier molecular flexibility index (Phi) is 6.34. The number of hydrogen-bond acceptors (Lipinski definition) is 3. The summed E-state index contributed by atoms with van der Waals surface area (Å²) in [7, 11) is 0. The number of benzene rings is 2. The van der Waals surface area contributed by atoms with Gasteiger partial charge in [0, 0.05) is 29.0 Å². The lowest BCUT2D eigenvalue weighted by Gasteiger charge is -2.30. The Morgan fingerprint density at radius 1 is 1.18 bits per heavy atom. The third-order valence-corrected chi connectivity index (χ3v) is 4.67. The van der Waals surface area contributed by atoms with E-state index in [9.17, 15) is 14.0 Å². The van der Waals surface area contributed by atoms with Crippen molar-refractivity contribution in [3.8, 4) is 0 Å². The molecule has 0 aliphatic carbocycles. The first-order valence-electron chi connectivity index (χ1n) is 8.98. The zero-order chi connectivity index (χ0) is 19.8. The summed E-state index contributed by atoms with van der Waals surface area (Å²) in [6.45, 7) is 5.85. The van der Waals surface area contributed by atoms with Crippen LogP contribution in [0.15, 0.2) is 36.4 Å². The molecular formula is C21H25ClFN3O2. The van der Waals surface area contributed by atoms with Crippen molar-refractivity contribution in [1.82, 2.24) is 0 Å². The van der Waals surface area contributed by atoms with Crippen molar-refractivity contribution in [1.29, 1.82) is 0 Å². The van der Waals surface area contributed by atoms with Crippen molar-refractivity contribution in [2.75, 3.05) is 22.5 Å². The minimum Gasteiger partial charge on any atom is -0.398 e. The van der Waals surface area contributed by atoms with E-state index in [-0.39, 0.29) is 23.9 Å². The average Bonchev–Trinajstić information content (AvgIpc) is 2.62. The molecule has 3 rings (SSSR count). The van der Waals surface area contributed by atoms with Gasteiger partial charge in [-0.2, -0.15) is 0 Å². The van der Waals surface area contributed by atoms with E-state index >= 15 is 0 Å². The predicted molar refractivity (Wildman–Crippen MR) is 113 cm³/mol. The van der Waals surface area contributed by atoms with Gasteiger partial charge in [-0.1, -0.05) is 26.8 Å². The van der Waals surface area contributed by atoms with Gasteiger partial charge in [0.1, 0.15) is 5.82 Å². The molecule has 0 saturated carbocycles. The van der Waals surface area contributed by atoms with Gasteiger partial charge in [-0.05, 0) is 48.7 Å². The van der Waals surface area contributed by atoms with Crippen LogP contribution < -0.4 is 16.0 Å². The smallest absolute Gasteiger partial charge is 0.261 e. The van der Waals surface area contributed by atoms with Crippen molar-refractivity contribution in [3.63, 3.8) is 0 Å². The quantitative estimate of drug-likeness (QED) is 0.727. The Morgan fingerprint density at radius 2 is 1.89 bits per heavy atom. The van der Waals surface area contributed by atoms with Crippen LogP contribution in [0, 0.1) is 11.2 Å². The number of carbonyl (C=O) groups is 2. The predicted octanol–water partition coefficient (Wildman–Crippen LogP) is 4.41. The molecular weight excluding hydrogens is 381 g/mol. The molecule has 1 aliphatic heterocycles. The molecule has 0 unspecified atom stereocenters. The lowest BCUT2D eigenvalue weighted by atomic mass is 9.95. The van der Waals surface area contributed by atoms with Gasteiger partial charge in [0.15, 0.2) is 0 Å². The normalized spacial score (nSPS) is 13.4. The highest BCUT2D eigenvalue weighted by Crippen LogP contribution is 2.33. The number of rotatable bonds is 2. The van der Waals surface area contributed by atoms with Crippen LogP contribution in [0.1, 0.15) is 43.1 Å². The van der Waals surface area contributed by atoms with Crippen LogP contribution in [0.4, 0.5) is 21.5 Å². The molecule has 3 N–H and O–H groups in total. The molecule has 0 fully saturated rings. The Hall–Kier alpha value is -2.60.